The molecule has 150 valence electrons. The van der Waals surface area contributed by atoms with Crippen LogP contribution in [0.25, 0.3) is 0 Å². The summed E-state index contributed by atoms with van der Waals surface area (Å²) in [5.74, 6) is 0.646. The van der Waals surface area contributed by atoms with Crippen LogP contribution < -0.4 is 10.2 Å². The van der Waals surface area contributed by atoms with Gasteiger partial charge in [-0.1, -0.05) is 37.6 Å². The molecule has 7 heteroatoms. The average Bonchev–Trinajstić information content (AvgIpc) is 2.66. The van der Waals surface area contributed by atoms with Crippen LogP contribution in [0.3, 0.4) is 0 Å². The van der Waals surface area contributed by atoms with Gasteiger partial charge in [-0.05, 0) is 18.1 Å². The molecule has 1 atom stereocenters. The van der Waals surface area contributed by atoms with Gasteiger partial charge < -0.3 is 19.9 Å². The van der Waals surface area contributed by atoms with Crippen molar-refractivity contribution in [1.82, 2.24) is 15.1 Å². The molecule has 0 bridgehead atoms. The highest BCUT2D eigenvalue weighted by atomic mass is 35.5. The maximum Gasteiger partial charge on any atom is 0.317 e. The van der Waals surface area contributed by atoms with E-state index in [0.717, 1.165) is 50.0 Å². The maximum absolute atomic E-state index is 12.5. The fraction of sp³-hybridized carbons (Fsp3) is 0.650. The second-order valence-corrected chi connectivity index (χ2v) is 8.16. The summed E-state index contributed by atoms with van der Waals surface area (Å²) >= 11 is 6.28. The number of benzene rings is 1. The largest absolute Gasteiger partial charge is 0.374 e. The molecule has 2 aliphatic heterocycles. The summed E-state index contributed by atoms with van der Waals surface area (Å²) in [5.41, 5.74) is 1.04. The number of nitrogens with zero attached hydrogens (tertiary/aromatic N) is 3. The summed E-state index contributed by atoms with van der Waals surface area (Å²) in [6.45, 7) is 11.7. The zero-order valence-corrected chi connectivity index (χ0v) is 17.1. The number of amides is 2. The van der Waals surface area contributed by atoms with E-state index < -0.39 is 0 Å². The molecule has 0 radical (unpaired) electrons. The van der Waals surface area contributed by atoms with Crippen molar-refractivity contribution in [1.29, 1.82) is 0 Å². The van der Waals surface area contributed by atoms with Crippen molar-refractivity contribution in [2.45, 2.75) is 20.0 Å². The Morgan fingerprint density at radius 2 is 1.96 bits per heavy atom. The lowest BCUT2D eigenvalue weighted by Gasteiger charge is -2.37. The second kappa shape index (κ2) is 9.62. The molecule has 1 N–H and O–H groups in total. The van der Waals surface area contributed by atoms with Gasteiger partial charge in [-0.25, -0.2) is 4.79 Å². The lowest BCUT2D eigenvalue weighted by Crippen LogP contribution is -2.54. The summed E-state index contributed by atoms with van der Waals surface area (Å²) in [5, 5.41) is 3.81. The van der Waals surface area contributed by atoms with Gasteiger partial charge in [0.2, 0.25) is 0 Å². The lowest BCUT2D eigenvalue weighted by atomic mass is 10.2. The molecule has 2 heterocycles. The minimum Gasteiger partial charge on any atom is -0.374 e. The Morgan fingerprint density at radius 1 is 1.22 bits per heavy atom. The highest BCUT2D eigenvalue weighted by Gasteiger charge is 2.25. The molecule has 1 aromatic rings. The summed E-state index contributed by atoms with van der Waals surface area (Å²) in [6, 6.07) is 7.86. The van der Waals surface area contributed by atoms with E-state index in [9.17, 15) is 4.79 Å². The Kier molecular flexibility index (Phi) is 7.21. The first-order valence-electron chi connectivity index (χ1n) is 9.89. The van der Waals surface area contributed by atoms with Crippen molar-refractivity contribution < 1.29 is 9.53 Å². The van der Waals surface area contributed by atoms with Crippen LogP contribution in [0, 0.1) is 5.92 Å². The van der Waals surface area contributed by atoms with Crippen LogP contribution in [0.2, 0.25) is 5.02 Å². The predicted octanol–water partition coefficient (Wildman–Crippen LogP) is 2.53. The molecular formula is C20H31ClN4O2. The monoisotopic (exact) mass is 394 g/mol. The fourth-order valence-electron chi connectivity index (χ4n) is 3.76. The standard InChI is InChI=1S/C20H31ClN4O2/c1-16(2)14-23-11-12-27-17(15-23)13-22-20(26)25-9-7-24(8-10-25)19-6-4-3-5-18(19)21/h3-6,16-17H,7-15H2,1-2H3,(H,22,26)/t17-/m1/s1. The quantitative estimate of drug-likeness (QED) is 0.833. The van der Waals surface area contributed by atoms with Gasteiger partial charge in [0.25, 0.3) is 0 Å². The average molecular weight is 395 g/mol. The van der Waals surface area contributed by atoms with E-state index in [0.29, 0.717) is 25.6 Å². The minimum absolute atomic E-state index is 0.00149. The van der Waals surface area contributed by atoms with Crippen LogP contribution in [0.15, 0.2) is 24.3 Å². The van der Waals surface area contributed by atoms with Crippen LogP contribution in [-0.4, -0.2) is 80.9 Å². The molecule has 1 aromatic carbocycles. The van der Waals surface area contributed by atoms with E-state index in [-0.39, 0.29) is 12.1 Å². The first-order valence-corrected chi connectivity index (χ1v) is 10.3. The van der Waals surface area contributed by atoms with E-state index in [1.54, 1.807) is 0 Å². The van der Waals surface area contributed by atoms with Crippen LogP contribution >= 0.6 is 11.6 Å². The van der Waals surface area contributed by atoms with Crippen LogP contribution in [0.5, 0.6) is 0 Å². The Morgan fingerprint density at radius 3 is 2.67 bits per heavy atom. The number of ether oxygens (including phenoxy) is 1. The van der Waals surface area contributed by atoms with Gasteiger partial charge in [0.15, 0.2) is 0 Å². The Balaban J connectivity index is 1.41. The normalized spacial score (nSPS) is 21.6. The van der Waals surface area contributed by atoms with Crippen LogP contribution in [0.1, 0.15) is 13.8 Å². The zero-order chi connectivity index (χ0) is 19.2. The Labute approximate surface area is 167 Å². The number of hydrogen-bond donors (Lipinski definition) is 1. The zero-order valence-electron chi connectivity index (χ0n) is 16.4. The van der Waals surface area contributed by atoms with Crippen LogP contribution in [0.4, 0.5) is 10.5 Å². The number of carbonyl (C=O) groups excluding carboxylic acids is 1. The summed E-state index contributed by atoms with van der Waals surface area (Å²) in [4.78, 5) is 19.0. The molecule has 6 nitrogen and oxygen atoms in total. The first-order chi connectivity index (χ1) is 13.0. The summed E-state index contributed by atoms with van der Waals surface area (Å²) in [6.07, 6.45) is 0.0749. The molecule has 0 spiro atoms. The molecule has 2 aliphatic rings. The van der Waals surface area contributed by atoms with E-state index in [1.807, 2.05) is 29.2 Å². The summed E-state index contributed by atoms with van der Waals surface area (Å²) < 4.78 is 5.82. The van der Waals surface area contributed by atoms with E-state index in [4.69, 9.17) is 16.3 Å². The van der Waals surface area contributed by atoms with Crippen molar-refractivity contribution >= 4 is 23.3 Å². The third-order valence-corrected chi connectivity index (χ3v) is 5.41. The van der Waals surface area contributed by atoms with Crippen molar-refractivity contribution in [3.8, 4) is 0 Å². The van der Waals surface area contributed by atoms with Gasteiger partial charge in [0, 0.05) is 52.4 Å². The number of piperazine rings is 1. The van der Waals surface area contributed by atoms with Crippen molar-refractivity contribution in [3.63, 3.8) is 0 Å². The topological polar surface area (TPSA) is 48.1 Å². The molecule has 3 rings (SSSR count). The number of carbonyl (C=O) groups is 1. The molecular weight excluding hydrogens is 364 g/mol. The molecule has 27 heavy (non-hydrogen) atoms. The predicted molar refractivity (Wildman–Crippen MR) is 110 cm³/mol. The highest BCUT2D eigenvalue weighted by molar-refractivity contribution is 6.33. The first kappa shape index (κ1) is 20.2. The summed E-state index contributed by atoms with van der Waals surface area (Å²) in [7, 11) is 0. The van der Waals surface area contributed by atoms with Gasteiger partial charge in [-0.3, -0.25) is 4.90 Å². The molecule has 0 aromatic heterocycles. The molecule has 2 fully saturated rings. The molecule has 2 saturated heterocycles. The van der Waals surface area contributed by atoms with Gasteiger partial charge in [0.05, 0.1) is 23.4 Å². The molecule has 0 saturated carbocycles. The van der Waals surface area contributed by atoms with Crippen molar-refractivity contribution in [3.05, 3.63) is 29.3 Å². The van der Waals surface area contributed by atoms with Gasteiger partial charge >= 0.3 is 6.03 Å². The number of nitrogens with one attached hydrogen (secondary N) is 1. The number of morpholine rings is 1. The van der Waals surface area contributed by atoms with Gasteiger partial charge in [-0.2, -0.15) is 0 Å². The Bertz CT molecular complexity index is 620. The molecule has 2 amide bonds. The number of rotatable bonds is 5. The van der Waals surface area contributed by atoms with Gasteiger partial charge in [-0.15, -0.1) is 0 Å². The molecule has 0 aliphatic carbocycles. The number of anilines is 1. The number of hydrogen-bond acceptors (Lipinski definition) is 4. The minimum atomic E-state index is -0.00149. The van der Waals surface area contributed by atoms with E-state index in [2.05, 4.69) is 29.0 Å². The highest BCUT2D eigenvalue weighted by Crippen LogP contribution is 2.26. The smallest absolute Gasteiger partial charge is 0.317 e. The maximum atomic E-state index is 12.5. The van der Waals surface area contributed by atoms with Crippen molar-refractivity contribution in [2.24, 2.45) is 5.92 Å². The lowest BCUT2D eigenvalue weighted by molar-refractivity contribution is -0.0294. The number of halogens is 1. The second-order valence-electron chi connectivity index (χ2n) is 7.76. The Hall–Kier alpha value is -1.50. The van der Waals surface area contributed by atoms with Crippen molar-refractivity contribution in [2.75, 3.05) is 63.9 Å². The fourth-order valence-corrected chi connectivity index (χ4v) is 4.01. The third kappa shape index (κ3) is 5.74. The third-order valence-electron chi connectivity index (χ3n) is 5.09. The number of para-hydroxylation sites is 1. The number of urea groups is 1. The van der Waals surface area contributed by atoms with Gasteiger partial charge in [0.1, 0.15) is 0 Å². The van der Waals surface area contributed by atoms with Crippen LogP contribution in [-0.2, 0) is 4.74 Å². The van der Waals surface area contributed by atoms with E-state index in [1.165, 1.54) is 0 Å². The SMILES string of the molecule is CC(C)CN1CCO[C@H](CNC(=O)N2CCN(c3ccccc3Cl)CC2)C1. The molecule has 0 unspecified atom stereocenters. The van der Waals surface area contributed by atoms with E-state index >= 15 is 0 Å².